The summed E-state index contributed by atoms with van der Waals surface area (Å²) in [7, 11) is -2.50. The highest BCUT2D eigenvalue weighted by molar-refractivity contribution is 7.68. The van der Waals surface area contributed by atoms with E-state index >= 15 is 0 Å². The summed E-state index contributed by atoms with van der Waals surface area (Å²) in [5, 5.41) is 11.0. The van der Waals surface area contributed by atoms with Gasteiger partial charge in [0.1, 0.15) is 0 Å². The molecule has 0 saturated heterocycles. The number of hydrogen-bond acceptors (Lipinski definition) is 4. The van der Waals surface area contributed by atoms with E-state index < -0.39 is 28.3 Å². The van der Waals surface area contributed by atoms with Crippen molar-refractivity contribution in [1.29, 1.82) is 0 Å². The van der Waals surface area contributed by atoms with E-state index in [4.69, 9.17) is 39.3 Å². The molecular weight excluding hydrogens is 335 g/mol. The predicted molar refractivity (Wildman–Crippen MR) is 76.6 cm³/mol. The SMILES string of the molecule is COP(=O)(c1ccccc1)C(C[N+](=O)[O-])C(Cl)(Cl)Cl. The molecule has 9 heteroatoms. The molecule has 1 aromatic carbocycles. The Morgan fingerprint density at radius 3 is 2.26 bits per heavy atom. The molecule has 0 heterocycles. The van der Waals surface area contributed by atoms with E-state index in [0.717, 1.165) is 0 Å². The van der Waals surface area contributed by atoms with Crippen molar-refractivity contribution in [1.82, 2.24) is 0 Å². The summed E-state index contributed by atoms with van der Waals surface area (Å²) in [5.41, 5.74) is -1.37. The van der Waals surface area contributed by atoms with Gasteiger partial charge < -0.3 is 4.52 Å². The van der Waals surface area contributed by atoms with Crippen molar-refractivity contribution >= 4 is 47.5 Å². The fraction of sp³-hybridized carbons (Fsp3) is 0.400. The quantitative estimate of drug-likeness (QED) is 0.355. The van der Waals surface area contributed by atoms with Gasteiger partial charge in [-0.15, -0.1) is 0 Å². The second kappa shape index (κ2) is 6.42. The largest absolute Gasteiger partial charge is 0.328 e. The lowest BCUT2D eigenvalue weighted by atomic mass is 10.4. The third-order valence-corrected chi connectivity index (χ3v) is 6.68. The minimum absolute atomic E-state index is 0.274. The Hall–Kier alpha value is -0.320. The zero-order chi connectivity index (χ0) is 14.7. The normalized spacial score (nSPS) is 16.6. The zero-order valence-corrected chi connectivity index (χ0v) is 13.0. The maximum absolute atomic E-state index is 12.9. The van der Waals surface area contributed by atoms with Crippen LogP contribution in [0, 0.1) is 10.1 Å². The Morgan fingerprint density at radius 2 is 1.89 bits per heavy atom. The van der Waals surface area contributed by atoms with Gasteiger partial charge in [-0.1, -0.05) is 53.0 Å². The van der Waals surface area contributed by atoms with Crippen LogP contribution in [0.2, 0.25) is 0 Å². The van der Waals surface area contributed by atoms with Gasteiger partial charge in [-0.05, 0) is 12.1 Å². The Kier molecular flexibility index (Phi) is 5.65. The monoisotopic (exact) mass is 345 g/mol. The number of hydrogen-bond donors (Lipinski definition) is 0. The molecule has 2 atom stereocenters. The number of benzene rings is 1. The molecule has 0 spiro atoms. The second-order valence-corrected chi connectivity index (χ2v) is 8.76. The Morgan fingerprint density at radius 1 is 1.37 bits per heavy atom. The minimum atomic E-state index is -3.68. The third kappa shape index (κ3) is 4.07. The fourth-order valence-electron chi connectivity index (χ4n) is 1.59. The maximum atomic E-state index is 12.9. The van der Waals surface area contributed by atoms with Gasteiger partial charge >= 0.3 is 0 Å². The predicted octanol–water partition coefficient (Wildman–Crippen LogP) is 3.25. The first kappa shape index (κ1) is 16.7. The standard InChI is InChI=1S/C10H11Cl3NO4P/c1-18-19(17,8-5-3-2-4-6-8)9(7-14(15)16)10(11,12)13/h2-6,9H,7H2,1H3. The van der Waals surface area contributed by atoms with Gasteiger partial charge in [0.2, 0.25) is 17.7 Å². The molecule has 1 aromatic rings. The molecule has 0 aliphatic rings. The second-order valence-electron chi connectivity index (χ2n) is 3.69. The first-order valence-electron chi connectivity index (χ1n) is 5.11. The minimum Gasteiger partial charge on any atom is -0.328 e. The average molecular weight is 347 g/mol. The van der Waals surface area contributed by atoms with E-state index in [0.29, 0.717) is 0 Å². The van der Waals surface area contributed by atoms with E-state index in [2.05, 4.69) is 0 Å². The van der Waals surface area contributed by atoms with E-state index in [9.17, 15) is 14.7 Å². The van der Waals surface area contributed by atoms with Crippen LogP contribution in [0.4, 0.5) is 0 Å². The number of alkyl halides is 3. The molecule has 0 bridgehead atoms. The Balaban J connectivity index is 3.31. The van der Waals surface area contributed by atoms with Crippen LogP contribution in [0.15, 0.2) is 30.3 Å². The van der Waals surface area contributed by atoms with Crippen LogP contribution in [0.3, 0.4) is 0 Å². The van der Waals surface area contributed by atoms with Crippen LogP contribution >= 0.6 is 42.2 Å². The summed E-state index contributed by atoms with van der Waals surface area (Å²) in [6.45, 7) is -0.767. The number of nitrogens with zero attached hydrogens (tertiary/aromatic N) is 1. The van der Waals surface area contributed by atoms with Gasteiger partial charge in [-0.2, -0.15) is 0 Å². The van der Waals surface area contributed by atoms with Crippen molar-refractivity contribution in [2.24, 2.45) is 0 Å². The van der Waals surface area contributed by atoms with Gasteiger partial charge in [0.25, 0.3) is 0 Å². The van der Waals surface area contributed by atoms with Gasteiger partial charge in [-0.25, -0.2) is 0 Å². The van der Waals surface area contributed by atoms with E-state index in [1.54, 1.807) is 18.2 Å². The molecule has 0 aliphatic carbocycles. The molecule has 0 saturated carbocycles. The number of rotatable bonds is 5. The first-order valence-corrected chi connectivity index (χ1v) is 7.94. The molecule has 0 aromatic heterocycles. The van der Waals surface area contributed by atoms with Crippen molar-refractivity contribution in [3.8, 4) is 0 Å². The van der Waals surface area contributed by atoms with E-state index in [1.165, 1.54) is 19.2 Å². The van der Waals surface area contributed by atoms with Crippen molar-refractivity contribution in [2.45, 2.75) is 9.45 Å². The summed E-state index contributed by atoms with van der Waals surface area (Å²) in [4.78, 5) is 10.0. The van der Waals surface area contributed by atoms with Crippen molar-refractivity contribution in [2.75, 3.05) is 13.7 Å². The van der Waals surface area contributed by atoms with Crippen LogP contribution in [0.25, 0.3) is 0 Å². The molecule has 1 rings (SSSR count). The molecular formula is C10H11Cl3NO4P. The molecule has 0 N–H and O–H groups in total. The van der Waals surface area contributed by atoms with Crippen LogP contribution in [-0.4, -0.2) is 28.0 Å². The summed E-state index contributed by atoms with van der Waals surface area (Å²) >= 11 is 17.2. The molecule has 2 unspecified atom stereocenters. The lowest BCUT2D eigenvalue weighted by Gasteiger charge is -2.28. The van der Waals surface area contributed by atoms with Crippen LogP contribution < -0.4 is 5.30 Å². The molecule has 0 amide bonds. The highest BCUT2D eigenvalue weighted by Crippen LogP contribution is 2.57. The van der Waals surface area contributed by atoms with Gasteiger partial charge in [-0.3, -0.25) is 14.7 Å². The van der Waals surface area contributed by atoms with Crippen LogP contribution in [0.5, 0.6) is 0 Å². The molecule has 106 valence electrons. The summed E-state index contributed by atoms with van der Waals surface area (Å²) in [6, 6.07) is 8.01. The summed E-state index contributed by atoms with van der Waals surface area (Å²) in [5.74, 6) is 0. The van der Waals surface area contributed by atoms with E-state index in [1.807, 2.05) is 0 Å². The molecule has 0 aliphatic heterocycles. The zero-order valence-electron chi connectivity index (χ0n) is 9.83. The van der Waals surface area contributed by atoms with Gasteiger partial charge in [0, 0.05) is 17.3 Å². The molecule has 0 fully saturated rings. The lowest BCUT2D eigenvalue weighted by molar-refractivity contribution is -0.479. The van der Waals surface area contributed by atoms with Crippen molar-refractivity contribution in [3.05, 3.63) is 40.4 Å². The van der Waals surface area contributed by atoms with Crippen molar-refractivity contribution in [3.63, 3.8) is 0 Å². The van der Waals surface area contributed by atoms with E-state index in [-0.39, 0.29) is 5.30 Å². The number of halogens is 3. The molecule has 5 nitrogen and oxygen atoms in total. The third-order valence-electron chi connectivity index (χ3n) is 2.50. The number of nitro groups is 1. The highest BCUT2D eigenvalue weighted by atomic mass is 35.6. The maximum Gasteiger partial charge on any atom is 0.245 e. The molecule has 19 heavy (non-hydrogen) atoms. The average Bonchev–Trinajstić information content (AvgIpc) is 2.35. The van der Waals surface area contributed by atoms with Gasteiger partial charge in [0.05, 0.1) is 0 Å². The smallest absolute Gasteiger partial charge is 0.245 e. The van der Waals surface area contributed by atoms with Crippen molar-refractivity contribution < 1.29 is 14.0 Å². The Bertz CT molecular complexity index is 491. The first-order chi connectivity index (χ1) is 8.71. The summed E-state index contributed by atoms with van der Waals surface area (Å²) < 4.78 is 15.8. The molecule has 0 radical (unpaired) electrons. The van der Waals surface area contributed by atoms with Gasteiger partial charge in [0.15, 0.2) is 5.66 Å². The fourth-order valence-corrected chi connectivity index (χ4v) is 5.10. The van der Waals surface area contributed by atoms with Crippen LogP contribution in [-0.2, 0) is 9.09 Å². The van der Waals surface area contributed by atoms with Crippen LogP contribution in [0.1, 0.15) is 0 Å². The highest BCUT2D eigenvalue weighted by Gasteiger charge is 2.51. The topological polar surface area (TPSA) is 69.4 Å². The summed E-state index contributed by atoms with van der Waals surface area (Å²) in [6.07, 6.45) is 0. The lowest BCUT2D eigenvalue weighted by Crippen LogP contribution is -2.36. The Labute approximate surface area is 125 Å².